The highest BCUT2D eigenvalue weighted by atomic mass is 35.5. The molecule has 15 heavy (non-hydrogen) atoms. The monoisotopic (exact) mass is 246 g/mol. The molecule has 0 saturated heterocycles. The smallest absolute Gasteiger partial charge is 0.185 e. The molecule has 4 heteroatoms. The molecule has 0 radical (unpaired) electrons. The number of hydrogen-bond donors (Lipinski definition) is 0. The van der Waals surface area contributed by atoms with Crippen molar-refractivity contribution in [1.82, 2.24) is 4.98 Å². The lowest BCUT2D eigenvalue weighted by molar-refractivity contribution is 0.730. The Labute approximate surface area is 101 Å². The molecule has 0 aliphatic carbocycles. The van der Waals surface area contributed by atoms with Crippen molar-refractivity contribution in [2.24, 2.45) is 0 Å². The molecule has 0 N–H and O–H groups in total. The van der Waals surface area contributed by atoms with E-state index in [2.05, 4.69) is 29.1 Å². The Balaban J connectivity index is 2.60. The number of anilines is 1. The van der Waals surface area contributed by atoms with E-state index >= 15 is 0 Å². The molecule has 1 rings (SSSR count). The molecule has 0 bridgehead atoms. The van der Waals surface area contributed by atoms with Gasteiger partial charge in [0.25, 0.3) is 0 Å². The molecular formula is C11H19ClN2S. The van der Waals surface area contributed by atoms with Gasteiger partial charge in [0, 0.05) is 24.3 Å². The summed E-state index contributed by atoms with van der Waals surface area (Å²) < 4.78 is 0. The van der Waals surface area contributed by atoms with Gasteiger partial charge in [0.1, 0.15) is 0 Å². The van der Waals surface area contributed by atoms with Crippen LogP contribution in [0.4, 0.5) is 5.13 Å². The highest BCUT2D eigenvalue weighted by Gasteiger charge is 2.09. The molecule has 86 valence electrons. The predicted molar refractivity (Wildman–Crippen MR) is 69.3 cm³/mol. The van der Waals surface area contributed by atoms with Gasteiger partial charge in [-0.25, -0.2) is 4.98 Å². The number of halogens is 1. The highest BCUT2D eigenvalue weighted by Crippen LogP contribution is 2.21. The summed E-state index contributed by atoms with van der Waals surface area (Å²) in [6.07, 6.45) is 3.43. The third-order valence-electron chi connectivity index (χ3n) is 2.31. The van der Waals surface area contributed by atoms with Crippen LogP contribution in [0.3, 0.4) is 0 Å². The number of hydrogen-bond acceptors (Lipinski definition) is 3. The van der Waals surface area contributed by atoms with Crippen LogP contribution in [-0.4, -0.2) is 24.0 Å². The average Bonchev–Trinajstić information content (AvgIpc) is 2.72. The highest BCUT2D eigenvalue weighted by molar-refractivity contribution is 7.13. The molecule has 0 aromatic carbocycles. The van der Waals surface area contributed by atoms with Crippen LogP contribution in [0, 0.1) is 0 Å². The predicted octanol–water partition coefficient (Wildman–Crippen LogP) is 3.55. The maximum absolute atomic E-state index is 5.80. The maximum Gasteiger partial charge on any atom is 0.185 e. The number of aromatic nitrogens is 1. The van der Waals surface area contributed by atoms with E-state index in [1.807, 2.05) is 0 Å². The van der Waals surface area contributed by atoms with Crippen LogP contribution in [0.5, 0.6) is 0 Å². The summed E-state index contributed by atoms with van der Waals surface area (Å²) in [5.74, 6) is 0.671. The van der Waals surface area contributed by atoms with Gasteiger partial charge in [-0.1, -0.05) is 20.3 Å². The maximum atomic E-state index is 5.80. The summed E-state index contributed by atoms with van der Waals surface area (Å²) in [5, 5.41) is 3.27. The minimum Gasteiger partial charge on any atom is -0.347 e. The van der Waals surface area contributed by atoms with E-state index < -0.39 is 0 Å². The van der Waals surface area contributed by atoms with Crippen molar-refractivity contribution in [2.45, 2.75) is 33.1 Å². The second kappa shape index (κ2) is 7.07. The zero-order chi connectivity index (χ0) is 11.1. The van der Waals surface area contributed by atoms with Crippen molar-refractivity contribution in [1.29, 1.82) is 0 Å². The Morgan fingerprint density at radius 1 is 1.40 bits per heavy atom. The summed E-state index contributed by atoms with van der Waals surface area (Å²) in [4.78, 5) is 6.88. The van der Waals surface area contributed by atoms with Crippen LogP contribution in [0.1, 0.15) is 32.4 Å². The van der Waals surface area contributed by atoms with Crippen LogP contribution in [0.15, 0.2) is 5.38 Å². The Bertz CT molecular complexity index is 275. The molecule has 2 nitrogen and oxygen atoms in total. The second-order valence-corrected chi connectivity index (χ2v) is 4.72. The number of nitrogens with zero attached hydrogens (tertiary/aromatic N) is 2. The molecule has 1 heterocycles. The van der Waals surface area contributed by atoms with Crippen molar-refractivity contribution in [3.05, 3.63) is 11.1 Å². The molecule has 0 unspecified atom stereocenters. The van der Waals surface area contributed by atoms with Gasteiger partial charge >= 0.3 is 0 Å². The van der Waals surface area contributed by atoms with E-state index in [0.29, 0.717) is 5.88 Å². The van der Waals surface area contributed by atoms with Gasteiger partial charge in [-0.2, -0.15) is 0 Å². The summed E-state index contributed by atoms with van der Waals surface area (Å²) in [6, 6.07) is 0. The van der Waals surface area contributed by atoms with Crippen molar-refractivity contribution in [3.8, 4) is 0 Å². The standard InChI is InChI=1S/C11H19ClN2S/c1-3-5-7-14(8-6-12)11-13-10(4-2)9-15-11/h9H,3-8H2,1-2H3. The summed E-state index contributed by atoms with van der Waals surface area (Å²) >= 11 is 7.53. The molecule has 0 amide bonds. The molecule has 0 saturated carbocycles. The number of unbranched alkanes of at least 4 members (excludes halogenated alkanes) is 1. The van der Waals surface area contributed by atoms with E-state index in [0.717, 1.165) is 24.6 Å². The Morgan fingerprint density at radius 2 is 2.20 bits per heavy atom. The number of thiazole rings is 1. The van der Waals surface area contributed by atoms with Crippen molar-refractivity contribution in [2.75, 3.05) is 23.9 Å². The van der Waals surface area contributed by atoms with E-state index in [1.165, 1.54) is 18.5 Å². The SMILES string of the molecule is CCCCN(CCCl)c1nc(CC)cs1. The third-order valence-corrected chi connectivity index (χ3v) is 3.43. The first kappa shape index (κ1) is 12.8. The second-order valence-electron chi connectivity index (χ2n) is 3.50. The van der Waals surface area contributed by atoms with E-state index in [4.69, 9.17) is 11.6 Å². The summed E-state index contributed by atoms with van der Waals surface area (Å²) in [6.45, 7) is 6.31. The lowest BCUT2D eigenvalue weighted by atomic mass is 10.3. The van der Waals surface area contributed by atoms with Gasteiger partial charge in [-0.05, 0) is 12.8 Å². The first-order valence-electron chi connectivity index (χ1n) is 5.57. The fourth-order valence-electron chi connectivity index (χ4n) is 1.36. The van der Waals surface area contributed by atoms with E-state index in [1.54, 1.807) is 11.3 Å². The summed E-state index contributed by atoms with van der Waals surface area (Å²) in [7, 11) is 0. The topological polar surface area (TPSA) is 16.1 Å². The fourth-order valence-corrected chi connectivity index (χ4v) is 2.52. The zero-order valence-corrected chi connectivity index (χ0v) is 11.1. The Morgan fingerprint density at radius 3 is 2.73 bits per heavy atom. The molecule has 0 spiro atoms. The third kappa shape index (κ3) is 3.99. The molecule has 1 aromatic rings. The zero-order valence-electron chi connectivity index (χ0n) is 9.50. The van der Waals surface area contributed by atoms with E-state index in [9.17, 15) is 0 Å². The van der Waals surface area contributed by atoms with Crippen LogP contribution in [-0.2, 0) is 6.42 Å². The van der Waals surface area contributed by atoms with Gasteiger partial charge in [-0.15, -0.1) is 22.9 Å². The van der Waals surface area contributed by atoms with Crippen LogP contribution >= 0.6 is 22.9 Å². The van der Waals surface area contributed by atoms with Crippen molar-refractivity contribution >= 4 is 28.1 Å². The largest absolute Gasteiger partial charge is 0.347 e. The van der Waals surface area contributed by atoms with Crippen LogP contribution in [0.2, 0.25) is 0 Å². The van der Waals surface area contributed by atoms with Crippen LogP contribution in [0.25, 0.3) is 0 Å². The number of alkyl halides is 1. The van der Waals surface area contributed by atoms with E-state index in [-0.39, 0.29) is 0 Å². The molecule has 0 fully saturated rings. The van der Waals surface area contributed by atoms with Crippen LogP contribution < -0.4 is 4.90 Å². The first-order valence-corrected chi connectivity index (χ1v) is 6.98. The average molecular weight is 247 g/mol. The molecular weight excluding hydrogens is 228 g/mol. The lowest BCUT2D eigenvalue weighted by Gasteiger charge is -2.20. The first-order chi connectivity index (χ1) is 7.31. The lowest BCUT2D eigenvalue weighted by Crippen LogP contribution is -2.26. The Kier molecular flexibility index (Phi) is 6.03. The number of aryl methyl sites for hydroxylation is 1. The normalized spacial score (nSPS) is 10.6. The van der Waals surface area contributed by atoms with Crippen molar-refractivity contribution < 1.29 is 0 Å². The minimum absolute atomic E-state index is 0.671. The molecule has 0 atom stereocenters. The number of rotatable bonds is 7. The quantitative estimate of drug-likeness (QED) is 0.684. The van der Waals surface area contributed by atoms with Crippen molar-refractivity contribution in [3.63, 3.8) is 0 Å². The fraction of sp³-hybridized carbons (Fsp3) is 0.727. The van der Waals surface area contributed by atoms with Gasteiger partial charge < -0.3 is 4.90 Å². The van der Waals surface area contributed by atoms with Gasteiger partial charge in [0.15, 0.2) is 5.13 Å². The minimum atomic E-state index is 0.671. The van der Waals surface area contributed by atoms with Gasteiger partial charge in [-0.3, -0.25) is 0 Å². The van der Waals surface area contributed by atoms with Gasteiger partial charge in [0.2, 0.25) is 0 Å². The Hall–Kier alpha value is -0.280. The molecule has 1 aromatic heterocycles. The van der Waals surface area contributed by atoms with Gasteiger partial charge in [0.05, 0.1) is 5.69 Å². The molecule has 0 aliphatic heterocycles. The summed E-state index contributed by atoms with van der Waals surface area (Å²) in [5.41, 5.74) is 1.19. The molecule has 0 aliphatic rings.